The van der Waals surface area contributed by atoms with Gasteiger partial charge in [-0.1, -0.05) is 17.3 Å². The first-order valence-corrected chi connectivity index (χ1v) is 6.12. The van der Waals surface area contributed by atoms with Gasteiger partial charge in [0.1, 0.15) is 0 Å². The van der Waals surface area contributed by atoms with Crippen LogP contribution in [0.1, 0.15) is 27.8 Å². The Morgan fingerprint density at radius 3 is 2.90 bits per heavy atom. The fourth-order valence-corrected chi connectivity index (χ4v) is 1.66. The lowest BCUT2D eigenvalue weighted by molar-refractivity contribution is 0.100. The Labute approximate surface area is 115 Å². The number of anilines is 1. The molecular weight excluding hydrogens is 258 g/mol. The van der Waals surface area contributed by atoms with Crippen molar-refractivity contribution in [1.29, 1.82) is 0 Å². The van der Waals surface area contributed by atoms with Gasteiger partial charge in [0.15, 0.2) is 11.5 Å². The summed E-state index contributed by atoms with van der Waals surface area (Å²) in [6.45, 7) is 2.39. The zero-order valence-corrected chi connectivity index (χ0v) is 11.0. The first-order valence-electron chi connectivity index (χ1n) is 6.12. The summed E-state index contributed by atoms with van der Waals surface area (Å²) in [5.41, 5.74) is 6.67. The molecule has 0 saturated heterocycles. The highest BCUT2D eigenvalue weighted by Crippen LogP contribution is 2.12. The van der Waals surface area contributed by atoms with E-state index in [1.165, 1.54) is 17.8 Å². The van der Waals surface area contributed by atoms with Gasteiger partial charge in [0.25, 0.3) is 5.91 Å². The van der Waals surface area contributed by atoms with Crippen molar-refractivity contribution in [2.75, 3.05) is 11.9 Å². The Kier molecular flexibility index (Phi) is 4.21. The molecule has 1 heterocycles. The average molecular weight is 273 g/mol. The molecule has 2 aromatic rings. The van der Waals surface area contributed by atoms with Crippen molar-refractivity contribution in [3.63, 3.8) is 0 Å². The first-order chi connectivity index (χ1) is 9.60. The van der Waals surface area contributed by atoms with E-state index in [1.54, 1.807) is 24.3 Å². The minimum absolute atomic E-state index is 0.0602. The summed E-state index contributed by atoms with van der Waals surface area (Å²) in [4.78, 5) is 23.2. The molecule has 0 bridgehead atoms. The summed E-state index contributed by atoms with van der Waals surface area (Å²) in [5, 5.41) is 10.2. The first kappa shape index (κ1) is 13.9. The van der Waals surface area contributed by atoms with E-state index < -0.39 is 0 Å². The number of nitrogens with one attached hydrogen (secondary N) is 1. The Morgan fingerprint density at radius 1 is 1.40 bits per heavy atom. The maximum absolute atomic E-state index is 12.0. The lowest BCUT2D eigenvalue weighted by Crippen LogP contribution is -2.13. The van der Waals surface area contributed by atoms with Crippen molar-refractivity contribution in [3.8, 4) is 0 Å². The van der Waals surface area contributed by atoms with Crippen molar-refractivity contribution in [3.05, 3.63) is 41.7 Å². The van der Waals surface area contributed by atoms with E-state index in [1.807, 2.05) is 0 Å². The number of nitrogens with zero attached hydrogens (tertiary/aromatic N) is 3. The van der Waals surface area contributed by atoms with Crippen LogP contribution in [-0.4, -0.2) is 33.2 Å². The van der Waals surface area contributed by atoms with Crippen LogP contribution < -0.4 is 11.1 Å². The number of hydrogen-bond donors (Lipinski definition) is 2. The minimum atomic E-state index is -0.381. The quantitative estimate of drug-likeness (QED) is 0.780. The lowest BCUT2D eigenvalue weighted by Gasteiger charge is -2.04. The largest absolute Gasteiger partial charge is 0.329 e. The van der Waals surface area contributed by atoms with Gasteiger partial charge in [0, 0.05) is 17.8 Å². The Morgan fingerprint density at radius 2 is 2.20 bits per heavy atom. The summed E-state index contributed by atoms with van der Waals surface area (Å²) in [5.74, 6) is -0.441. The van der Waals surface area contributed by atoms with Gasteiger partial charge in [-0.15, -0.1) is 5.10 Å². The predicted molar refractivity (Wildman–Crippen MR) is 73.5 cm³/mol. The van der Waals surface area contributed by atoms with Crippen LogP contribution in [0.5, 0.6) is 0 Å². The van der Waals surface area contributed by atoms with E-state index in [9.17, 15) is 9.59 Å². The monoisotopic (exact) mass is 273 g/mol. The zero-order chi connectivity index (χ0) is 14.5. The number of aromatic nitrogens is 3. The van der Waals surface area contributed by atoms with Gasteiger partial charge in [0.2, 0.25) is 0 Å². The lowest BCUT2D eigenvalue weighted by atomic mass is 10.1. The second-order valence-corrected chi connectivity index (χ2v) is 4.25. The summed E-state index contributed by atoms with van der Waals surface area (Å²) in [6.07, 6.45) is 1.52. The number of carbonyl (C=O) groups excluding carboxylic acids is 2. The third-order valence-corrected chi connectivity index (χ3v) is 2.66. The molecule has 0 fully saturated rings. The van der Waals surface area contributed by atoms with Crippen LogP contribution in [0.15, 0.2) is 30.5 Å². The molecule has 3 N–H and O–H groups in total. The smallest absolute Gasteiger partial charge is 0.277 e. The fraction of sp³-hybridized carbons (Fsp3) is 0.231. The second-order valence-electron chi connectivity index (χ2n) is 4.25. The maximum Gasteiger partial charge on any atom is 0.277 e. The zero-order valence-electron chi connectivity index (χ0n) is 11.0. The van der Waals surface area contributed by atoms with E-state index in [4.69, 9.17) is 5.73 Å². The van der Waals surface area contributed by atoms with Gasteiger partial charge < -0.3 is 11.1 Å². The highest BCUT2D eigenvalue weighted by Gasteiger charge is 2.11. The molecule has 0 unspecified atom stereocenters. The molecule has 7 nitrogen and oxygen atoms in total. The van der Waals surface area contributed by atoms with Crippen molar-refractivity contribution < 1.29 is 9.59 Å². The number of nitrogens with two attached hydrogens (primary N) is 1. The molecule has 2 rings (SSSR count). The third kappa shape index (κ3) is 3.27. The van der Waals surface area contributed by atoms with Gasteiger partial charge in [-0.25, -0.2) is 0 Å². The van der Waals surface area contributed by atoms with E-state index in [0.29, 0.717) is 24.3 Å². The molecule has 0 saturated carbocycles. The molecule has 20 heavy (non-hydrogen) atoms. The number of benzene rings is 1. The second kappa shape index (κ2) is 6.07. The van der Waals surface area contributed by atoms with E-state index in [-0.39, 0.29) is 17.4 Å². The van der Waals surface area contributed by atoms with Gasteiger partial charge in [0.05, 0.1) is 12.7 Å². The average Bonchev–Trinajstić information content (AvgIpc) is 2.88. The fourth-order valence-electron chi connectivity index (χ4n) is 1.66. The minimum Gasteiger partial charge on any atom is -0.329 e. The Balaban J connectivity index is 2.10. The highest BCUT2D eigenvalue weighted by molar-refractivity contribution is 6.03. The number of carbonyl (C=O) groups is 2. The molecule has 1 aromatic heterocycles. The van der Waals surface area contributed by atoms with Gasteiger partial charge in [-0.2, -0.15) is 0 Å². The number of hydrogen-bond acceptors (Lipinski definition) is 5. The topological polar surface area (TPSA) is 103 Å². The number of ketones is 1. The molecular formula is C13H15N5O2. The highest BCUT2D eigenvalue weighted by atomic mass is 16.2. The third-order valence-electron chi connectivity index (χ3n) is 2.66. The Bertz CT molecular complexity index is 635. The van der Waals surface area contributed by atoms with Crippen molar-refractivity contribution in [2.45, 2.75) is 13.5 Å². The molecule has 0 aliphatic rings. The van der Waals surface area contributed by atoms with E-state index >= 15 is 0 Å². The van der Waals surface area contributed by atoms with E-state index in [0.717, 1.165) is 0 Å². The van der Waals surface area contributed by atoms with Crippen molar-refractivity contribution in [1.82, 2.24) is 15.0 Å². The summed E-state index contributed by atoms with van der Waals surface area (Å²) in [7, 11) is 0. The molecule has 0 atom stereocenters. The number of amides is 1. The summed E-state index contributed by atoms with van der Waals surface area (Å²) in [6, 6.07) is 6.71. The van der Waals surface area contributed by atoms with Crippen molar-refractivity contribution in [2.24, 2.45) is 5.73 Å². The van der Waals surface area contributed by atoms with Gasteiger partial charge >= 0.3 is 0 Å². The maximum atomic E-state index is 12.0. The molecule has 1 aromatic carbocycles. The van der Waals surface area contributed by atoms with Crippen LogP contribution in [0, 0.1) is 0 Å². The van der Waals surface area contributed by atoms with Crippen LogP contribution in [0.4, 0.5) is 5.69 Å². The normalized spacial score (nSPS) is 10.3. The molecule has 0 aliphatic heterocycles. The van der Waals surface area contributed by atoms with Crippen LogP contribution in [-0.2, 0) is 6.54 Å². The number of rotatable bonds is 5. The van der Waals surface area contributed by atoms with E-state index in [2.05, 4.69) is 15.6 Å². The van der Waals surface area contributed by atoms with Crippen LogP contribution >= 0.6 is 0 Å². The molecule has 1 amide bonds. The predicted octanol–water partition coefficient (Wildman–Crippen LogP) is 0.692. The standard InChI is InChI=1S/C13H15N5O2/c1-9(19)10-3-2-4-11(7-10)15-13(20)12-8-18(6-5-14)17-16-12/h2-4,7-8H,5-6,14H2,1H3,(H,15,20). The molecule has 7 heteroatoms. The van der Waals surface area contributed by atoms with Crippen LogP contribution in [0.2, 0.25) is 0 Å². The Hall–Kier alpha value is -2.54. The van der Waals surface area contributed by atoms with Crippen LogP contribution in [0.3, 0.4) is 0 Å². The molecule has 0 aliphatic carbocycles. The van der Waals surface area contributed by atoms with Gasteiger partial charge in [-0.3, -0.25) is 14.3 Å². The van der Waals surface area contributed by atoms with Crippen molar-refractivity contribution >= 4 is 17.4 Å². The molecule has 0 radical (unpaired) electrons. The SMILES string of the molecule is CC(=O)c1cccc(NC(=O)c2cn(CCN)nn2)c1. The molecule has 0 spiro atoms. The number of Topliss-reactive ketones (excluding diaryl/α,β-unsaturated/α-hetero) is 1. The summed E-state index contributed by atoms with van der Waals surface area (Å²) >= 11 is 0. The summed E-state index contributed by atoms with van der Waals surface area (Å²) < 4.78 is 1.50. The van der Waals surface area contributed by atoms with Gasteiger partial charge in [-0.05, 0) is 19.1 Å². The molecule has 104 valence electrons. The van der Waals surface area contributed by atoms with Crippen LogP contribution in [0.25, 0.3) is 0 Å².